The highest BCUT2D eigenvalue weighted by molar-refractivity contribution is 5.97. The van der Waals surface area contributed by atoms with Crippen LogP contribution >= 0.6 is 0 Å². The van der Waals surface area contributed by atoms with E-state index in [9.17, 15) is 9.59 Å². The molecule has 31 heavy (non-hydrogen) atoms. The van der Waals surface area contributed by atoms with Gasteiger partial charge in [0.25, 0.3) is 5.91 Å². The van der Waals surface area contributed by atoms with E-state index in [0.29, 0.717) is 24.6 Å². The molecule has 2 aromatic heterocycles. The van der Waals surface area contributed by atoms with Gasteiger partial charge in [0.05, 0.1) is 5.56 Å². The molecule has 6 nitrogen and oxygen atoms in total. The number of carbonyl (C=O) groups is 2. The Morgan fingerprint density at radius 1 is 0.935 bits per heavy atom. The maximum atomic E-state index is 13.4. The van der Waals surface area contributed by atoms with Crippen LogP contribution in [0.4, 0.5) is 0 Å². The van der Waals surface area contributed by atoms with Crippen LogP contribution < -0.4 is 5.32 Å². The van der Waals surface area contributed by atoms with Crippen LogP contribution in [0.25, 0.3) is 0 Å². The summed E-state index contributed by atoms with van der Waals surface area (Å²) in [5, 5.41) is 2.98. The van der Waals surface area contributed by atoms with Gasteiger partial charge in [0, 0.05) is 37.9 Å². The molecule has 0 radical (unpaired) electrons. The number of aromatic nitrogens is 2. The van der Waals surface area contributed by atoms with Crippen molar-refractivity contribution in [3.05, 3.63) is 96.1 Å². The maximum absolute atomic E-state index is 13.4. The van der Waals surface area contributed by atoms with E-state index in [-0.39, 0.29) is 11.8 Å². The van der Waals surface area contributed by atoms with Crippen molar-refractivity contribution >= 4 is 11.8 Å². The Balaban J connectivity index is 1.92. The van der Waals surface area contributed by atoms with Crippen LogP contribution in [0.5, 0.6) is 0 Å². The van der Waals surface area contributed by atoms with Crippen LogP contribution in [0.3, 0.4) is 0 Å². The minimum Gasteiger partial charge on any atom is -0.350 e. The van der Waals surface area contributed by atoms with Crippen LogP contribution in [-0.4, -0.2) is 33.2 Å². The number of hydrogen-bond acceptors (Lipinski definition) is 4. The van der Waals surface area contributed by atoms with E-state index < -0.39 is 6.04 Å². The van der Waals surface area contributed by atoms with Crippen LogP contribution in [0.2, 0.25) is 0 Å². The summed E-state index contributed by atoms with van der Waals surface area (Å²) >= 11 is 0. The minimum absolute atomic E-state index is 0.209. The van der Waals surface area contributed by atoms with Crippen LogP contribution in [0.1, 0.15) is 47.8 Å². The van der Waals surface area contributed by atoms with Gasteiger partial charge in [0.1, 0.15) is 6.04 Å². The first kappa shape index (κ1) is 22.2. The lowest BCUT2D eigenvalue weighted by Crippen LogP contribution is -2.44. The molecule has 0 fully saturated rings. The smallest absolute Gasteiger partial charge is 0.256 e. The summed E-state index contributed by atoms with van der Waals surface area (Å²) in [5.41, 5.74) is 2.13. The molecule has 0 saturated heterocycles. The Hall–Kier alpha value is -3.54. The molecule has 0 aliphatic heterocycles. The predicted molar refractivity (Wildman–Crippen MR) is 120 cm³/mol. The molecule has 0 saturated carbocycles. The van der Waals surface area contributed by atoms with Crippen molar-refractivity contribution < 1.29 is 9.59 Å². The van der Waals surface area contributed by atoms with Crippen molar-refractivity contribution in [2.45, 2.75) is 32.9 Å². The molecule has 3 rings (SSSR count). The van der Waals surface area contributed by atoms with Crippen molar-refractivity contribution in [3.8, 4) is 0 Å². The van der Waals surface area contributed by atoms with Crippen molar-refractivity contribution in [2.24, 2.45) is 5.92 Å². The monoisotopic (exact) mass is 416 g/mol. The molecule has 0 aliphatic rings. The molecule has 3 aromatic rings. The Bertz CT molecular complexity index is 963. The molecule has 1 atom stereocenters. The van der Waals surface area contributed by atoms with E-state index in [1.165, 1.54) is 0 Å². The average Bonchev–Trinajstić information content (AvgIpc) is 2.81. The molecular formula is C25H28N4O2. The third-order valence-electron chi connectivity index (χ3n) is 4.98. The molecule has 1 aromatic carbocycles. The van der Waals surface area contributed by atoms with Gasteiger partial charge >= 0.3 is 0 Å². The van der Waals surface area contributed by atoms with Crippen LogP contribution in [-0.2, 0) is 11.3 Å². The minimum atomic E-state index is -0.746. The first-order chi connectivity index (χ1) is 15.1. The zero-order valence-electron chi connectivity index (χ0n) is 17.9. The highest BCUT2D eigenvalue weighted by atomic mass is 16.2. The number of carbonyl (C=O) groups excluding carboxylic acids is 2. The predicted octanol–water partition coefficient (Wildman–Crippen LogP) is 4.02. The third kappa shape index (κ3) is 6.22. The second kappa shape index (κ2) is 11.0. The number of nitrogens with one attached hydrogen (secondary N) is 1. The summed E-state index contributed by atoms with van der Waals surface area (Å²) in [6.07, 6.45) is 7.36. The first-order valence-electron chi connectivity index (χ1n) is 10.5. The van der Waals surface area contributed by atoms with Crippen LogP contribution in [0, 0.1) is 5.92 Å². The molecule has 0 bridgehead atoms. The number of pyridine rings is 2. The summed E-state index contributed by atoms with van der Waals surface area (Å²) in [4.78, 5) is 36.7. The first-order valence-corrected chi connectivity index (χ1v) is 10.5. The van der Waals surface area contributed by atoms with Gasteiger partial charge in [-0.3, -0.25) is 19.6 Å². The number of benzene rings is 1. The SMILES string of the molecule is CC(C)CCN(C(=O)c1cccnc1)C(C(=O)NCc1cccnc1)c1ccccc1. The molecule has 2 amide bonds. The molecule has 6 heteroatoms. The fourth-order valence-electron chi connectivity index (χ4n) is 3.30. The lowest BCUT2D eigenvalue weighted by atomic mass is 10.0. The standard InChI is InChI=1S/C25H28N4O2/c1-19(2)12-15-29(25(31)22-11-7-14-27-18-22)23(21-9-4-3-5-10-21)24(30)28-17-20-8-6-13-26-16-20/h3-11,13-14,16,18-19,23H,12,15,17H2,1-2H3,(H,28,30). The van der Waals surface area contributed by atoms with Gasteiger partial charge in [0.2, 0.25) is 5.91 Å². The summed E-state index contributed by atoms with van der Waals surface area (Å²) < 4.78 is 0. The molecule has 160 valence electrons. The second-order valence-electron chi connectivity index (χ2n) is 7.82. The molecular weight excluding hydrogens is 388 g/mol. The number of nitrogens with zero attached hydrogens (tertiary/aromatic N) is 3. The zero-order valence-corrected chi connectivity index (χ0v) is 17.9. The molecule has 2 heterocycles. The van der Waals surface area contributed by atoms with E-state index in [1.807, 2.05) is 42.5 Å². The molecule has 0 spiro atoms. The Labute approximate surface area is 183 Å². The van der Waals surface area contributed by atoms with Crippen LogP contribution in [0.15, 0.2) is 79.4 Å². The van der Waals surface area contributed by atoms with Gasteiger partial charge in [-0.15, -0.1) is 0 Å². The lowest BCUT2D eigenvalue weighted by Gasteiger charge is -2.32. The molecule has 1 unspecified atom stereocenters. The van der Waals surface area contributed by atoms with Gasteiger partial charge in [-0.2, -0.15) is 0 Å². The quantitative estimate of drug-likeness (QED) is 0.572. The summed E-state index contributed by atoms with van der Waals surface area (Å²) in [6.45, 7) is 5.01. The normalized spacial score (nSPS) is 11.7. The number of amides is 2. The third-order valence-corrected chi connectivity index (χ3v) is 4.98. The Morgan fingerprint density at radius 3 is 2.26 bits per heavy atom. The Kier molecular flexibility index (Phi) is 7.87. The molecule has 1 N–H and O–H groups in total. The number of hydrogen-bond donors (Lipinski definition) is 1. The van der Waals surface area contributed by atoms with Gasteiger partial charge in [-0.1, -0.05) is 50.2 Å². The maximum Gasteiger partial charge on any atom is 0.256 e. The van der Waals surface area contributed by atoms with E-state index in [0.717, 1.165) is 17.5 Å². The van der Waals surface area contributed by atoms with E-state index in [2.05, 4.69) is 29.1 Å². The van der Waals surface area contributed by atoms with Crippen molar-refractivity contribution in [1.29, 1.82) is 0 Å². The lowest BCUT2D eigenvalue weighted by molar-refractivity contribution is -0.126. The zero-order chi connectivity index (χ0) is 22.1. The van der Waals surface area contributed by atoms with Crippen molar-refractivity contribution in [2.75, 3.05) is 6.54 Å². The molecule has 0 aliphatic carbocycles. The topological polar surface area (TPSA) is 75.2 Å². The fourth-order valence-corrected chi connectivity index (χ4v) is 3.30. The van der Waals surface area contributed by atoms with Gasteiger partial charge in [0.15, 0.2) is 0 Å². The summed E-state index contributed by atoms with van der Waals surface area (Å²) in [6, 6.07) is 15.9. The van der Waals surface area contributed by atoms with E-state index in [4.69, 9.17) is 0 Å². The van der Waals surface area contributed by atoms with Gasteiger partial charge < -0.3 is 10.2 Å². The second-order valence-corrected chi connectivity index (χ2v) is 7.82. The summed E-state index contributed by atoms with van der Waals surface area (Å²) in [5.74, 6) is -0.0470. The summed E-state index contributed by atoms with van der Waals surface area (Å²) in [7, 11) is 0. The van der Waals surface area contributed by atoms with Gasteiger partial charge in [-0.05, 0) is 41.7 Å². The van der Waals surface area contributed by atoms with Crippen molar-refractivity contribution in [3.63, 3.8) is 0 Å². The van der Waals surface area contributed by atoms with Gasteiger partial charge in [-0.25, -0.2) is 0 Å². The van der Waals surface area contributed by atoms with E-state index >= 15 is 0 Å². The Morgan fingerprint density at radius 2 is 1.65 bits per heavy atom. The van der Waals surface area contributed by atoms with Crippen molar-refractivity contribution in [1.82, 2.24) is 20.2 Å². The average molecular weight is 417 g/mol. The number of rotatable bonds is 9. The van der Waals surface area contributed by atoms with E-state index in [1.54, 1.807) is 41.8 Å². The highest BCUT2D eigenvalue weighted by Crippen LogP contribution is 2.24. The largest absolute Gasteiger partial charge is 0.350 e. The highest BCUT2D eigenvalue weighted by Gasteiger charge is 2.32. The fraction of sp³-hybridized carbons (Fsp3) is 0.280.